The Kier molecular flexibility index (Phi) is 3.46. The maximum atomic E-state index is 12.0. The normalized spacial score (nSPS) is 33.4. The highest BCUT2D eigenvalue weighted by Gasteiger charge is 2.39. The average molecular weight is 228 g/mol. The van der Waals surface area contributed by atoms with Gasteiger partial charge in [0.15, 0.2) is 0 Å². The summed E-state index contributed by atoms with van der Waals surface area (Å²) in [5, 5.41) is 0. The van der Waals surface area contributed by atoms with Crippen LogP contribution in [0.25, 0.3) is 0 Å². The van der Waals surface area contributed by atoms with Gasteiger partial charge in [-0.2, -0.15) is 0 Å². The number of benzene rings is 1. The molecule has 1 nitrogen and oxygen atoms in total. The summed E-state index contributed by atoms with van der Waals surface area (Å²) in [5.74, 6) is 1.61. The molecule has 0 radical (unpaired) electrons. The van der Waals surface area contributed by atoms with Gasteiger partial charge in [-0.25, -0.2) is 0 Å². The molecule has 1 heteroatoms. The Labute approximate surface area is 104 Å². The third-order valence-corrected chi connectivity index (χ3v) is 4.10. The molecule has 0 saturated heterocycles. The van der Waals surface area contributed by atoms with E-state index in [4.69, 9.17) is 0 Å². The number of hydrogen-bond acceptors (Lipinski definition) is 1. The van der Waals surface area contributed by atoms with Crippen molar-refractivity contribution in [3.63, 3.8) is 0 Å². The van der Waals surface area contributed by atoms with E-state index in [2.05, 4.69) is 32.6 Å². The molecule has 0 aliphatic heterocycles. The van der Waals surface area contributed by atoms with E-state index in [-0.39, 0.29) is 5.92 Å². The summed E-state index contributed by atoms with van der Waals surface area (Å²) in [4.78, 5) is 12.0. The van der Waals surface area contributed by atoms with E-state index in [9.17, 15) is 4.79 Å². The first-order chi connectivity index (χ1) is 8.15. The van der Waals surface area contributed by atoms with Crippen LogP contribution in [0.15, 0.2) is 43.0 Å². The van der Waals surface area contributed by atoms with Gasteiger partial charge in [0.05, 0.1) is 0 Å². The summed E-state index contributed by atoms with van der Waals surface area (Å²) < 4.78 is 0. The van der Waals surface area contributed by atoms with Crippen LogP contribution in [-0.2, 0) is 4.79 Å². The van der Waals surface area contributed by atoms with Crippen LogP contribution in [0.2, 0.25) is 0 Å². The van der Waals surface area contributed by atoms with Gasteiger partial charge < -0.3 is 0 Å². The highest BCUT2D eigenvalue weighted by Crippen LogP contribution is 2.43. The molecule has 1 aliphatic carbocycles. The van der Waals surface area contributed by atoms with Gasteiger partial charge in [-0.15, -0.1) is 6.58 Å². The summed E-state index contributed by atoms with van der Waals surface area (Å²) in [5.41, 5.74) is 1.27. The highest BCUT2D eigenvalue weighted by molar-refractivity contribution is 5.83. The molecule has 4 atom stereocenters. The van der Waals surface area contributed by atoms with E-state index in [0.717, 1.165) is 0 Å². The van der Waals surface area contributed by atoms with Crippen LogP contribution in [-0.4, -0.2) is 5.78 Å². The Hall–Kier alpha value is -1.37. The van der Waals surface area contributed by atoms with Crippen molar-refractivity contribution in [2.24, 2.45) is 17.8 Å². The van der Waals surface area contributed by atoms with Gasteiger partial charge in [0.1, 0.15) is 5.78 Å². The molecule has 2 rings (SSSR count). The number of Topliss-reactive ketones (excluding diaryl/α,β-unsaturated/α-hetero) is 1. The minimum absolute atomic E-state index is 0.108. The van der Waals surface area contributed by atoms with Gasteiger partial charge in [0.25, 0.3) is 0 Å². The summed E-state index contributed by atoms with van der Waals surface area (Å²) in [6, 6.07) is 10.4. The van der Waals surface area contributed by atoms with E-state index in [1.165, 1.54) is 5.56 Å². The minimum atomic E-state index is 0.108. The number of rotatable bonds is 2. The molecular formula is C16H20O. The van der Waals surface area contributed by atoms with Crippen LogP contribution in [0.3, 0.4) is 0 Å². The molecule has 1 fully saturated rings. The van der Waals surface area contributed by atoms with Crippen molar-refractivity contribution in [3.05, 3.63) is 48.6 Å². The van der Waals surface area contributed by atoms with E-state index in [0.29, 0.717) is 30.0 Å². The molecule has 90 valence electrons. The van der Waals surface area contributed by atoms with Crippen molar-refractivity contribution >= 4 is 5.78 Å². The predicted octanol–water partition coefficient (Wildman–Crippen LogP) is 3.82. The van der Waals surface area contributed by atoms with Crippen LogP contribution in [0, 0.1) is 17.8 Å². The van der Waals surface area contributed by atoms with Crippen LogP contribution >= 0.6 is 0 Å². The van der Waals surface area contributed by atoms with E-state index < -0.39 is 0 Å². The maximum absolute atomic E-state index is 12.0. The number of ketones is 1. The van der Waals surface area contributed by atoms with Gasteiger partial charge in [-0.05, 0) is 23.3 Å². The van der Waals surface area contributed by atoms with Gasteiger partial charge in [0.2, 0.25) is 0 Å². The van der Waals surface area contributed by atoms with Crippen LogP contribution in [0.5, 0.6) is 0 Å². The predicted molar refractivity (Wildman–Crippen MR) is 70.8 cm³/mol. The highest BCUT2D eigenvalue weighted by atomic mass is 16.1. The lowest BCUT2D eigenvalue weighted by molar-refractivity contribution is -0.127. The number of carbonyl (C=O) groups is 1. The van der Waals surface area contributed by atoms with Gasteiger partial charge >= 0.3 is 0 Å². The molecule has 0 spiro atoms. The molecular weight excluding hydrogens is 208 g/mol. The monoisotopic (exact) mass is 228 g/mol. The summed E-state index contributed by atoms with van der Waals surface area (Å²) in [7, 11) is 0. The van der Waals surface area contributed by atoms with Gasteiger partial charge in [-0.3, -0.25) is 4.79 Å². The zero-order valence-corrected chi connectivity index (χ0v) is 10.6. The molecule has 0 unspecified atom stereocenters. The van der Waals surface area contributed by atoms with Crippen molar-refractivity contribution in [3.8, 4) is 0 Å². The first kappa shape index (κ1) is 12.1. The lowest BCUT2D eigenvalue weighted by Gasteiger charge is -2.38. The van der Waals surface area contributed by atoms with Crippen molar-refractivity contribution in [2.75, 3.05) is 0 Å². The Morgan fingerprint density at radius 2 is 1.88 bits per heavy atom. The SMILES string of the molecule is C=C[C@@H]1[C@@H](c2ccccc2)[C@H](C)C(=O)C[C@@H]1C. The van der Waals surface area contributed by atoms with E-state index in [1.807, 2.05) is 24.3 Å². The zero-order chi connectivity index (χ0) is 12.4. The largest absolute Gasteiger partial charge is 0.299 e. The Morgan fingerprint density at radius 1 is 1.24 bits per heavy atom. The second-order valence-electron chi connectivity index (χ2n) is 5.19. The molecule has 1 aromatic rings. The summed E-state index contributed by atoms with van der Waals surface area (Å²) >= 11 is 0. The molecule has 0 heterocycles. The van der Waals surface area contributed by atoms with Crippen molar-refractivity contribution in [1.29, 1.82) is 0 Å². The average Bonchev–Trinajstić information content (AvgIpc) is 2.34. The molecule has 0 amide bonds. The first-order valence-corrected chi connectivity index (χ1v) is 6.35. The number of allylic oxidation sites excluding steroid dienone is 1. The van der Waals surface area contributed by atoms with Gasteiger partial charge in [0, 0.05) is 12.3 Å². The lowest BCUT2D eigenvalue weighted by atomic mass is 9.65. The number of carbonyl (C=O) groups excluding carboxylic acids is 1. The fraction of sp³-hybridized carbons (Fsp3) is 0.438. The van der Waals surface area contributed by atoms with Crippen LogP contribution in [0.4, 0.5) is 0 Å². The molecule has 17 heavy (non-hydrogen) atoms. The fourth-order valence-corrected chi connectivity index (χ4v) is 3.09. The Balaban J connectivity index is 2.39. The van der Waals surface area contributed by atoms with Gasteiger partial charge in [-0.1, -0.05) is 50.3 Å². The Bertz CT molecular complexity index is 407. The van der Waals surface area contributed by atoms with Crippen molar-refractivity contribution in [2.45, 2.75) is 26.2 Å². The molecule has 1 aromatic carbocycles. The molecule has 0 bridgehead atoms. The quantitative estimate of drug-likeness (QED) is 0.703. The van der Waals surface area contributed by atoms with Crippen LogP contribution < -0.4 is 0 Å². The zero-order valence-electron chi connectivity index (χ0n) is 10.6. The second kappa shape index (κ2) is 4.87. The standard InChI is InChI=1S/C16H20O/c1-4-14-11(2)10-15(17)12(3)16(14)13-8-6-5-7-9-13/h4-9,11-12,14,16H,1,10H2,2-3H3/t11-,12+,14-,16+/m0/s1. The molecule has 0 aromatic heterocycles. The van der Waals surface area contributed by atoms with Crippen LogP contribution in [0.1, 0.15) is 31.7 Å². The molecule has 1 saturated carbocycles. The first-order valence-electron chi connectivity index (χ1n) is 6.35. The Morgan fingerprint density at radius 3 is 2.47 bits per heavy atom. The summed E-state index contributed by atoms with van der Waals surface area (Å²) in [6.45, 7) is 8.18. The van der Waals surface area contributed by atoms with E-state index >= 15 is 0 Å². The second-order valence-corrected chi connectivity index (χ2v) is 5.19. The smallest absolute Gasteiger partial charge is 0.136 e. The number of hydrogen-bond donors (Lipinski definition) is 0. The van der Waals surface area contributed by atoms with E-state index in [1.54, 1.807) is 0 Å². The maximum Gasteiger partial charge on any atom is 0.136 e. The lowest BCUT2D eigenvalue weighted by Crippen LogP contribution is -2.35. The van der Waals surface area contributed by atoms with Crippen molar-refractivity contribution in [1.82, 2.24) is 0 Å². The topological polar surface area (TPSA) is 17.1 Å². The third kappa shape index (κ3) is 2.19. The summed E-state index contributed by atoms with van der Waals surface area (Å²) in [6.07, 6.45) is 2.73. The third-order valence-electron chi connectivity index (χ3n) is 4.10. The molecule has 0 N–H and O–H groups in total. The fourth-order valence-electron chi connectivity index (χ4n) is 3.09. The minimum Gasteiger partial charge on any atom is -0.299 e. The van der Waals surface area contributed by atoms with Crippen molar-refractivity contribution < 1.29 is 4.79 Å². The molecule has 1 aliphatic rings.